The van der Waals surface area contributed by atoms with Crippen molar-refractivity contribution in [3.05, 3.63) is 48.0 Å². The standard InChI is InChI=1S/C24H29N3O6S/c1-32-21-9-5-4-8-18(21)15-25-23(28)16-27-20-14-19(10-11-22(20)33-17-24(27)29)34(30,31)26-12-6-2-3-7-13-26/h4-5,8-11,14H,2-3,6-7,12-13,15-17H2,1H3,(H,25,28). The maximum Gasteiger partial charge on any atom is 0.265 e. The van der Waals surface area contributed by atoms with Crippen molar-refractivity contribution < 1.29 is 27.5 Å². The lowest BCUT2D eigenvalue weighted by Crippen LogP contribution is -2.45. The lowest BCUT2D eigenvalue weighted by molar-refractivity contribution is -0.125. The fourth-order valence-corrected chi connectivity index (χ4v) is 5.73. The van der Waals surface area contributed by atoms with Crippen molar-refractivity contribution in [2.75, 3.05) is 38.3 Å². The molecule has 2 amide bonds. The highest BCUT2D eigenvalue weighted by molar-refractivity contribution is 7.89. The molecule has 2 heterocycles. The molecular formula is C24H29N3O6S. The van der Waals surface area contributed by atoms with Gasteiger partial charge in [0.25, 0.3) is 5.91 Å². The Morgan fingerprint density at radius 1 is 1.09 bits per heavy atom. The minimum Gasteiger partial charge on any atom is -0.496 e. The first-order valence-corrected chi connectivity index (χ1v) is 12.8. The Kier molecular flexibility index (Phi) is 7.38. The van der Waals surface area contributed by atoms with Crippen LogP contribution < -0.4 is 19.7 Å². The molecule has 0 atom stereocenters. The lowest BCUT2D eigenvalue weighted by Gasteiger charge is -2.30. The van der Waals surface area contributed by atoms with Crippen molar-refractivity contribution in [3.63, 3.8) is 0 Å². The van der Waals surface area contributed by atoms with E-state index in [9.17, 15) is 18.0 Å². The molecule has 4 rings (SSSR count). The van der Waals surface area contributed by atoms with E-state index in [0.717, 1.165) is 31.2 Å². The zero-order chi connectivity index (χ0) is 24.1. The fourth-order valence-electron chi connectivity index (χ4n) is 4.19. The van der Waals surface area contributed by atoms with Gasteiger partial charge in [-0.3, -0.25) is 14.5 Å². The molecule has 2 aromatic carbocycles. The van der Waals surface area contributed by atoms with Crippen molar-refractivity contribution in [2.24, 2.45) is 0 Å². The topological polar surface area (TPSA) is 105 Å². The molecule has 0 unspecified atom stereocenters. The fraction of sp³-hybridized carbons (Fsp3) is 0.417. The molecule has 2 aliphatic heterocycles. The van der Waals surface area contributed by atoms with Crippen molar-refractivity contribution >= 4 is 27.5 Å². The SMILES string of the molecule is COc1ccccc1CNC(=O)CN1C(=O)COc2ccc(S(=O)(=O)N3CCCCCC3)cc21. The number of ether oxygens (including phenoxy) is 2. The van der Waals surface area contributed by atoms with Crippen LogP contribution in [-0.4, -0.2) is 57.9 Å². The van der Waals surface area contributed by atoms with Gasteiger partial charge in [-0.2, -0.15) is 4.31 Å². The first kappa shape index (κ1) is 24.0. The van der Waals surface area contributed by atoms with Crippen molar-refractivity contribution in [1.29, 1.82) is 0 Å². The Hall–Kier alpha value is -3.11. The summed E-state index contributed by atoms with van der Waals surface area (Å²) in [5.41, 5.74) is 1.08. The van der Waals surface area contributed by atoms with Crippen LogP contribution >= 0.6 is 0 Å². The predicted molar refractivity (Wildman–Crippen MR) is 126 cm³/mol. The van der Waals surface area contributed by atoms with Crippen molar-refractivity contribution in [2.45, 2.75) is 37.1 Å². The van der Waals surface area contributed by atoms with Gasteiger partial charge in [0.05, 0.1) is 17.7 Å². The van der Waals surface area contributed by atoms with Gasteiger partial charge in [-0.15, -0.1) is 0 Å². The average molecular weight is 488 g/mol. The summed E-state index contributed by atoms with van der Waals surface area (Å²) < 4.78 is 38.8. The second-order valence-corrected chi connectivity index (χ2v) is 10.2. The number of benzene rings is 2. The first-order chi connectivity index (χ1) is 16.4. The smallest absolute Gasteiger partial charge is 0.265 e. The number of carbonyl (C=O) groups is 2. The molecule has 1 N–H and O–H groups in total. The minimum absolute atomic E-state index is 0.0888. The van der Waals surface area contributed by atoms with E-state index >= 15 is 0 Å². The average Bonchev–Trinajstić information content (AvgIpc) is 3.15. The Labute approximate surface area is 199 Å². The van der Waals surface area contributed by atoms with Crippen molar-refractivity contribution in [3.8, 4) is 11.5 Å². The molecule has 1 fully saturated rings. The number of carbonyl (C=O) groups excluding carboxylic acids is 2. The van der Waals surface area contributed by atoms with Crippen LogP contribution in [0.4, 0.5) is 5.69 Å². The number of para-hydroxylation sites is 1. The molecule has 1 saturated heterocycles. The van der Waals surface area contributed by atoms with E-state index in [1.165, 1.54) is 21.3 Å². The minimum atomic E-state index is -3.72. The molecule has 0 spiro atoms. The van der Waals surface area contributed by atoms with Crippen LogP contribution in [0, 0.1) is 0 Å². The number of anilines is 1. The summed E-state index contributed by atoms with van der Waals surface area (Å²) >= 11 is 0. The number of fused-ring (bicyclic) bond motifs is 1. The Bertz CT molecular complexity index is 1160. The zero-order valence-corrected chi connectivity index (χ0v) is 20.0. The molecule has 34 heavy (non-hydrogen) atoms. The highest BCUT2D eigenvalue weighted by atomic mass is 32.2. The van der Waals surface area contributed by atoms with Crippen molar-refractivity contribution in [1.82, 2.24) is 9.62 Å². The third kappa shape index (κ3) is 5.18. The molecule has 10 heteroatoms. The van der Waals surface area contributed by atoms with Gasteiger partial charge in [-0.1, -0.05) is 31.0 Å². The third-order valence-electron chi connectivity index (χ3n) is 6.05. The maximum atomic E-state index is 13.2. The summed E-state index contributed by atoms with van der Waals surface area (Å²) in [4.78, 5) is 26.7. The largest absolute Gasteiger partial charge is 0.496 e. The number of hydrogen-bond acceptors (Lipinski definition) is 6. The maximum absolute atomic E-state index is 13.2. The number of sulfonamides is 1. The van der Waals surface area contributed by atoms with E-state index in [1.807, 2.05) is 18.2 Å². The van der Waals surface area contributed by atoms with Crippen LogP contribution in [0.25, 0.3) is 0 Å². The summed E-state index contributed by atoms with van der Waals surface area (Å²) in [6.45, 7) is 0.716. The number of rotatable bonds is 7. The van der Waals surface area contributed by atoms with Gasteiger partial charge in [-0.25, -0.2) is 8.42 Å². The summed E-state index contributed by atoms with van der Waals surface area (Å²) in [6, 6.07) is 11.8. The van der Waals surface area contributed by atoms with E-state index in [-0.39, 0.29) is 36.2 Å². The monoisotopic (exact) mass is 487 g/mol. The van der Waals surface area contributed by atoms with E-state index in [4.69, 9.17) is 9.47 Å². The van der Waals surface area contributed by atoms with Gasteiger partial charge >= 0.3 is 0 Å². The highest BCUT2D eigenvalue weighted by Crippen LogP contribution is 2.35. The first-order valence-electron chi connectivity index (χ1n) is 11.4. The van der Waals surface area contributed by atoms with Gasteiger partial charge in [0, 0.05) is 25.2 Å². The van der Waals surface area contributed by atoms with Gasteiger partial charge in [-0.05, 0) is 37.1 Å². The summed E-state index contributed by atoms with van der Waals surface area (Å²) in [6.07, 6.45) is 3.67. The number of hydrogen-bond donors (Lipinski definition) is 1. The summed E-state index contributed by atoms with van der Waals surface area (Å²) in [5.74, 6) is 0.225. The molecule has 0 bridgehead atoms. The molecule has 0 saturated carbocycles. The Morgan fingerprint density at radius 3 is 2.56 bits per heavy atom. The van der Waals surface area contributed by atoms with E-state index < -0.39 is 15.9 Å². The zero-order valence-electron chi connectivity index (χ0n) is 19.2. The lowest BCUT2D eigenvalue weighted by atomic mass is 10.2. The van der Waals surface area contributed by atoms with Crippen LogP contribution in [0.3, 0.4) is 0 Å². The number of methoxy groups -OCH3 is 1. The third-order valence-corrected chi connectivity index (χ3v) is 7.94. The van der Waals surface area contributed by atoms with Gasteiger partial charge in [0.1, 0.15) is 18.0 Å². The van der Waals surface area contributed by atoms with Crippen LogP contribution in [0.15, 0.2) is 47.4 Å². The molecule has 182 valence electrons. The van der Waals surface area contributed by atoms with E-state index in [2.05, 4.69) is 5.32 Å². The summed E-state index contributed by atoms with van der Waals surface area (Å²) in [7, 11) is -2.16. The molecule has 2 aliphatic rings. The molecule has 0 aromatic heterocycles. The van der Waals surface area contributed by atoms with Gasteiger partial charge in [0.2, 0.25) is 15.9 Å². The van der Waals surface area contributed by atoms with Crippen LogP contribution in [0.1, 0.15) is 31.2 Å². The van der Waals surface area contributed by atoms with Gasteiger partial charge < -0.3 is 14.8 Å². The second kappa shape index (κ2) is 10.4. The van der Waals surface area contributed by atoms with Crippen LogP contribution in [0.2, 0.25) is 0 Å². The Balaban J connectivity index is 1.52. The van der Waals surface area contributed by atoms with E-state index in [0.29, 0.717) is 24.6 Å². The second-order valence-electron chi connectivity index (χ2n) is 8.30. The van der Waals surface area contributed by atoms with Crippen LogP contribution in [0.5, 0.6) is 11.5 Å². The molecule has 0 radical (unpaired) electrons. The molecule has 2 aromatic rings. The van der Waals surface area contributed by atoms with Crippen LogP contribution in [-0.2, 0) is 26.2 Å². The summed E-state index contributed by atoms with van der Waals surface area (Å²) in [5, 5.41) is 2.80. The quantitative estimate of drug-likeness (QED) is 0.643. The van der Waals surface area contributed by atoms with E-state index in [1.54, 1.807) is 19.2 Å². The normalized spacial score (nSPS) is 16.9. The number of amides is 2. The highest BCUT2D eigenvalue weighted by Gasteiger charge is 2.31. The molecular weight excluding hydrogens is 458 g/mol. The van der Waals surface area contributed by atoms with Gasteiger partial charge in [0.15, 0.2) is 6.61 Å². The molecule has 9 nitrogen and oxygen atoms in total. The Morgan fingerprint density at radius 2 is 1.82 bits per heavy atom. The number of nitrogens with one attached hydrogen (secondary N) is 1. The predicted octanol–water partition coefficient (Wildman–Crippen LogP) is 2.30. The number of nitrogens with zero attached hydrogens (tertiary/aromatic N) is 2. The molecule has 0 aliphatic carbocycles.